The molecule has 0 aliphatic rings. The van der Waals surface area contributed by atoms with Gasteiger partial charge in [0.15, 0.2) is 6.86 Å². The number of halogens is 1. The average Bonchev–Trinajstić information content (AvgIpc) is 2.40. The summed E-state index contributed by atoms with van der Waals surface area (Å²) in [6.45, 7) is 1.40. The van der Waals surface area contributed by atoms with Crippen LogP contribution in [0.4, 0.5) is 4.39 Å². The van der Waals surface area contributed by atoms with Gasteiger partial charge in [0.1, 0.15) is 0 Å². The lowest BCUT2D eigenvalue weighted by Crippen LogP contribution is -2.43. The Labute approximate surface area is 112 Å². The van der Waals surface area contributed by atoms with E-state index in [2.05, 4.69) is 6.92 Å². The van der Waals surface area contributed by atoms with Crippen molar-refractivity contribution in [2.75, 3.05) is 21.1 Å². The maximum absolute atomic E-state index is 12.3. The molecular formula is C13H29FO3Si. The highest BCUT2D eigenvalue weighted by Crippen LogP contribution is 2.19. The normalized spacial score (nSPS) is 12.0. The molecule has 0 saturated heterocycles. The summed E-state index contributed by atoms with van der Waals surface area (Å²) in [6, 6.07) is 0.707. The molecule has 0 aromatic rings. The van der Waals surface area contributed by atoms with Gasteiger partial charge in [-0.2, -0.15) is 0 Å². The zero-order valence-corrected chi connectivity index (χ0v) is 13.2. The van der Waals surface area contributed by atoms with Crippen LogP contribution in [-0.2, 0) is 13.3 Å². The van der Waals surface area contributed by atoms with Crippen molar-refractivity contribution in [1.82, 2.24) is 0 Å². The van der Waals surface area contributed by atoms with Crippen molar-refractivity contribution in [2.24, 2.45) is 0 Å². The van der Waals surface area contributed by atoms with E-state index in [1.54, 1.807) is 0 Å². The van der Waals surface area contributed by atoms with Crippen LogP contribution in [0.15, 0.2) is 0 Å². The van der Waals surface area contributed by atoms with E-state index in [0.29, 0.717) is 6.04 Å². The Morgan fingerprint density at radius 1 is 0.833 bits per heavy atom. The van der Waals surface area contributed by atoms with Crippen molar-refractivity contribution in [3.8, 4) is 0 Å². The summed E-state index contributed by atoms with van der Waals surface area (Å²) in [6.07, 6.45) is 9.95. The van der Waals surface area contributed by atoms with Crippen LogP contribution in [0.2, 0.25) is 6.04 Å². The molecule has 0 spiro atoms. The molecule has 5 heteroatoms. The van der Waals surface area contributed by atoms with Crippen LogP contribution in [0, 0.1) is 0 Å². The highest BCUT2D eigenvalue weighted by Gasteiger charge is 2.38. The van der Waals surface area contributed by atoms with Crippen LogP contribution >= 0.6 is 0 Å². The lowest BCUT2D eigenvalue weighted by atomic mass is 10.1. The predicted molar refractivity (Wildman–Crippen MR) is 74.2 cm³/mol. The maximum Gasteiger partial charge on any atom is 0.502 e. The lowest BCUT2D eigenvalue weighted by Gasteiger charge is -2.24. The molecule has 0 rings (SSSR count). The Kier molecular flexibility index (Phi) is 12.1. The molecule has 0 N–H and O–H groups in total. The fraction of sp³-hybridized carbons (Fsp3) is 1.00. The third-order valence-corrected chi connectivity index (χ3v) is 5.99. The van der Waals surface area contributed by atoms with Crippen molar-refractivity contribution in [2.45, 2.75) is 64.3 Å². The summed E-state index contributed by atoms with van der Waals surface area (Å²) in [5, 5.41) is 0. The van der Waals surface area contributed by atoms with Crippen LogP contribution < -0.4 is 0 Å². The molecule has 0 unspecified atom stereocenters. The summed E-state index contributed by atoms with van der Waals surface area (Å²) < 4.78 is 27.8. The molecule has 0 radical (unpaired) electrons. The van der Waals surface area contributed by atoms with Crippen molar-refractivity contribution in [3.05, 3.63) is 0 Å². The first kappa shape index (κ1) is 18.0. The molecule has 0 amide bonds. The van der Waals surface area contributed by atoms with Crippen molar-refractivity contribution >= 4 is 8.80 Å². The third kappa shape index (κ3) is 8.19. The van der Waals surface area contributed by atoms with E-state index >= 15 is 0 Å². The minimum Gasteiger partial charge on any atom is -0.377 e. The quantitative estimate of drug-likeness (QED) is 0.372. The summed E-state index contributed by atoms with van der Waals surface area (Å²) >= 11 is 0. The van der Waals surface area contributed by atoms with Gasteiger partial charge >= 0.3 is 8.80 Å². The second-order valence-electron chi connectivity index (χ2n) is 4.57. The third-order valence-electron chi connectivity index (χ3n) is 3.23. The van der Waals surface area contributed by atoms with Gasteiger partial charge in [-0.15, -0.1) is 0 Å². The SMILES string of the molecule is CCCCCCCCCC[Si](OC)(OC)OCF. The van der Waals surface area contributed by atoms with E-state index in [1.807, 2.05) is 0 Å². The number of hydrogen-bond acceptors (Lipinski definition) is 3. The van der Waals surface area contributed by atoms with Crippen molar-refractivity contribution < 1.29 is 17.7 Å². The van der Waals surface area contributed by atoms with Crippen molar-refractivity contribution in [3.63, 3.8) is 0 Å². The Hall–Kier alpha value is 0.0269. The Balaban J connectivity index is 3.55. The Morgan fingerprint density at radius 2 is 1.33 bits per heavy atom. The molecule has 110 valence electrons. The van der Waals surface area contributed by atoms with Gasteiger partial charge < -0.3 is 13.3 Å². The van der Waals surface area contributed by atoms with E-state index in [1.165, 1.54) is 52.7 Å². The predicted octanol–water partition coefficient (Wildman–Crippen LogP) is 4.30. The van der Waals surface area contributed by atoms with Crippen molar-refractivity contribution in [1.29, 1.82) is 0 Å². The van der Waals surface area contributed by atoms with Gasteiger partial charge in [-0.1, -0.05) is 51.9 Å². The van der Waals surface area contributed by atoms with Gasteiger partial charge in [0.25, 0.3) is 0 Å². The van der Waals surface area contributed by atoms with E-state index < -0.39 is 15.7 Å². The highest BCUT2D eigenvalue weighted by atomic mass is 28.4. The molecule has 0 saturated carbocycles. The van der Waals surface area contributed by atoms with Gasteiger partial charge in [0, 0.05) is 20.3 Å². The molecule has 0 aliphatic carbocycles. The minimum atomic E-state index is -2.70. The molecule has 18 heavy (non-hydrogen) atoms. The zero-order valence-electron chi connectivity index (χ0n) is 12.2. The average molecular weight is 280 g/mol. The van der Waals surface area contributed by atoms with E-state index in [4.69, 9.17) is 13.3 Å². The largest absolute Gasteiger partial charge is 0.502 e. The second kappa shape index (κ2) is 12.1. The smallest absolute Gasteiger partial charge is 0.377 e. The van der Waals surface area contributed by atoms with Crippen LogP contribution in [-0.4, -0.2) is 29.9 Å². The highest BCUT2D eigenvalue weighted by molar-refractivity contribution is 6.60. The molecule has 3 nitrogen and oxygen atoms in total. The number of rotatable bonds is 13. The number of unbranched alkanes of at least 4 members (excludes halogenated alkanes) is 7. The van der Waals surface area contributed by atoms with Crippen LogP contribution in [0.5, 0.6) is 0 Å². The molecular weight excluding hydrogens is 251 g/mol. The van der Waals surface area contributed by atoms with Gasteiger partial charge in [0.05, 0.1) is 0 Å². The van der Waals surface area contributed by atoms with Crippen LogP contribution in [0.3, 0.4) is 0 Å². The van der Waals surface area contributed by atoms with Gasteiger partial charge in [-0.05, 0) is 6.42 Å². The first-order valence-electron chi connectivity index (χ1n) is 7.05. The van der Waals surface area contributed by atoms with Gasteiger partial charge in [-0.3, -0.25) is 0 Å². The second-order valence-corrected chi connectivity index (χ2v) is 7.54. The monoisotopic (exact) mass is 280 g/mol. The summed E-state index contributed by atoms with van der Waals surface area (Å²) in [7, 11) is 0.376. The molecule has 0 aliphatic heterocycles. The van der Waals surface area contributed by atoms with E-state index in [0.717, 1.165) is 12.8 Å². The van der Waals surface area contributed by atoms with E-state index in [-0.39, 0.29) is 0 Å². The standard InChI is InChI=1S/C13H29FO3Si/c1-4-5-6-7-8-9-10-11-12-18(15-2,16-3)17-13-14/h4-13H2,1-3H3. The summed E-state index contributed by atoms with van der Waals surface area (Å²) in [5.41, 5.74) is 0. The number of alkyl halides is 1. The molecule has 0 atom stereocenters. The minimum absolute atomic E-state index is 0.707. The molecule has 0 aromatic carbocycles. The van der Waals surface area contributed by atoms with E-state index in [9.17, 15) is 4.39 Å². The Morgan fingerprint density at radius 3 is 1.78 bits per heavy atom. The van der Waals surface area contributed by atoms with Crippen LogP contribution in [0.1, 0.15) is 58.3 Å². The topological polar surface area (TPSA) is 27.7 Å². The molecule has 0 heterocycles. The maximum atomic E-state index is 12.3. The fourth-order valence-corrected chi connectivity index (χ4v) is 3.84. The van der Waals surface area contributed by atoms with Crippen LogP contribution in [0.25, 0.3) is 0 Å². The first-order valence-corrected chi connectivity index (χ1v) is 8.98. The number of hydrogen-bond donors (Lipinski definition) is 0. The molecule has 0 bridgehead atoms. The summed E-state index contributed by atoms with van der Waals surface area (Å²) in [4.78, 5) is 0. The molecule has 0 aromatic heterocycles. The fourth-order valence-electron chi connectivity index (χ4n) is 2.04. The van der Waals surface area contributed by atoms with Gasteiger partial charge in [0.2, 0.25) is 0 Å². The zero-order chi connectivity index (χ0) is 13.7. The van der Waals surface area contributed by atoms with Gasteiger partial charge in [-0.25, -0.2) is 4.39 Å². The Bertz CT molecular complexity index is 178. The molecule has 0 fully saturated rings. The summed E-state index contributed by atoms with van der Waals surface area (Å²) in [5.74, 6) is 0. The first-order chi connectivity index (χ1) is 8.74. The lowest BCUT2D eigenvalue weighted by molar-refractivity contribution is 0.0572.